The van der Waals surface area contributed by atoms with E-state index in [0.717, 1.165) is 0 Å². The van der Waals surface area contributed by atoms with E-state index >= 15 is 0 Å². The Morgan fingerprint density at radius 3 is 0.747 bits per heavy atom. The van der Waals surface area contributed by atoms with Gasteiger partial charge in [-0.05, 0) is 16.6 Å². The third-order valence-electron chi connectivity index (χ3n) is 11.1. The van der Waals surface area contributed by atoms with Gasteiger partial charge in [0.25, 0.3) is 0 Å². The molecule has 37 heteroatoms. The molecule has 0 aliphatic rings. The molecule has 0 aromatic heterocycles. The van der Waals surface area contributed by atoms with E-state index in [1.807, 2.05) is 0 Å². The topological polar surface area (TPSA) is 464 Å². The van der Waals surface area contributed by atoms with Gasteiger partial charge in [-0.25, -0.2) is 0 Å². The number of nitrogens with two attached hydrogens (primary N) is 1. The minimum Gasteiger partial charge on any atom is -0.379 e. The maximum absolute atomic E-state index is 13.6. The first-order valence-corrected chi connectivity index (χ1v) is 30.6. The van der Waals surface area contributed by atoms with Crippen LogP contribution in [0, 0.1) is 0 Å². The highest BCUT2D eigenvalue weighted by Crippen LogP contribution is 2.12. The highest BCUT2D eigenvalue weighted by molar-refractivity contribution is 5.77. The minimum atomic E-state index is -1.36. The van der Waals surface area contributed by atoms with Gasteiger partial charge in [-0.3, -0.25) is 19.2 Å². The van der Waals surface area contributed by atoms with Crippen LogP contribution in [0.15, 0.2) is 15.3 Å². The molecule has 0 spiro atoms. The van der Waals surface area contributed by atoms with Crippen LogP contribution < -0.4 is 27.0 Å². The summed E-state index contributed by atoms with van der Waals surface area (Å²) in [5.41, 5.74) is 28.9. The fraction of sp³-hybridized carbons (Fsp3) is 0.926. The van der Waals surface area contributed by atoms with Crippen molar-refractivity contribution in [3.8, 4) is 0 Å². The molecule has 0 aromatic rings. The molecule has 4 amide bonds. The number of azide groups is 3. The second-order valence-corrected chi connectivity index (χ2v) is 18.5. The molecule has 37 nitrogen and oxygen atoms in total. The lowest BCUT2D eigenvalue weighted by Gasteiger charge is -2.34. The summed E-state index contributed by atoms with van der Waals surface area (Å²) in [7, 11) is 0. The Bertz CT molecular complexity index is 1670. The number of rotatable bonds is 75. The Labute approximate surface area is 533 Å². The molecule has 0 radical (unpaired) electrons. The van der Waals surface area contributed by atoms with E-state index in [1.165, 1.54) is 0 Å². The first kappa shape index (κ1) is 86.0. The van der Waals surface area contributed by atoms with Crippen molar-refractivity contribution in [1.29, 1.82) is 0 Å². The number of nitrogens with one attached hydrogen (secondary N) is 4. The summed E-state index contributed by atoms with van der Waals surface area (Å²) in [5.74, 6) is -1.35. The van der Waals surface area contributed by atoms with Gasteiger partial charge in [0.05, 0.1) is 251 Å². The smallest absolute Gasteiger partial charge is 0.222 e. The molecule has 528 valence electrons. The fourth-order valence-electron chi connectivity index (χ4n) is 6.69. The zero-order valence-electron chi connectivity index (χ0n) is 53.1. The van der Waals surface area contributed by atoms with Crippen LogP contribution in [0.1, 0.15) is 25.7 Å². The van der Waals surface area contributed by atoms with E-state index in [2.05, 4.69) is 51.3 Å². The van der Waals surface area contributed by atoms with Gasteiger partial charge in [-0.2, -0.15) is 0 Å². The SMILES string of the molecule is [N-]=[N+]=NCCOCCOCCOCCOCCNC(=O)CCOCC(COCCC(=O)NCCOCCOCCOCCOCCN=[N+]=[N-])(COCCC(=O)NCCOCCOCCOCCOCCN=[N+]=[N-])NC(=O)CCOCCOCCOCCOCCN. The normalized spacial score (nSPS) is 11.7. The molecule has 0 aliphatic heterocycles. The van der Waals surface area contributed by atoms with Crippen LogP contribution >= 0.6 is 0 Å². The van der Waals surface area contributed by atoms with Crippen LogP contribution in [0.5, 0.6) is 0 Å². The van der Waals surface area contributed by atoms with Crippen molar-refractivity contribution < 1.29 is 109 Å². The fourth-order valence-corrected chi connectivity index (χ4v) is 6.69. The molecule has 0 heterocycles. The summed E-state index contributed by atoms with van der Waals surface area (Å²) in [6.45, 7) is 11.8. The van der Waals surface area contributed by atoms with Crippen molar-refractivity contribution in [1.82, 2.24) is 21.3 Å². The molecule has 91 heavy (non-hydrogen) atoms. The molecule has 0 atom stereocenters. The predicted octanol–water partition coefficient (Wildman–Crippen LogP) is -0.0446. The molecule has 0 saturated carbocycles. The summed E-state index contributed by atoms with van der Waals surface area (Å²) < 4.78 is 105. The Balaban J connectivity index is 5.33. The van der Waals surface area contributed by atoms with E-state index in [4.69, 9.17) is 112 Å². The molecule has 0 fully saturated rings. The lowest BCUT2D eigenvalue weighted by molar-refractivity contribution is -0.131. The van der Waals surface area contributed by atoms with E-state index < -0.39 is 11.4 Å². The lowest BCUT2D eigenvalue weighted by atomic mass is 10.0. The third-order valence-corrected chi connectivity index (χ3v) is 11.1. The van der Waals surface area contributed by atoms with Crippen molar-refractivity contribution >= 4 is 23.6 Å². The summed E-state index contributed by atoms with van der Waals surface area (Å²) >= 11 is 0. The molecule has 0 bridgehead atoms. The predicted molar refractivity (Wildman–Crippen MR) is 325 cm³/mol. The van der Waals surface area contributed by atoms with Gasteiger partial charge in [-0.15, -0.1) is 0 Å². The van der Waals surface area contributed by atoms with Gasteiger partial charge >= 0.3 is 0 Å². The molecule has 6 N–H and O–H groups in total. The molecular formula is C54H104N14O23. The molecule has 0 unspecified atom stereocenters. The van der Waals surface area contributed by atoms with Gasteiger partial charge < -0.3 is 117 Å². The number of nitrogens with zero attached hydrogens (tertiary/aromatic N) is 9. The van der Waals surface area contributed by atoms with Crippen LogP contribution in [-0.2, 0) is 109 Å². The minimum absolute atomic E-state index is 0.0309. The van der Waals surface area contributed by atoms with Crippen molar-refractivity contribution in [2.24, 2.45) is 21.1 Å². The molecule has 0 aromatic carbocycles. The Hall–Kier alpha value is -4.99. The number of ether oxygens (including phenoxy) is 19. The van der Waals surface area contributed by atoms with Crippen molar-refractivity contribution in [3.63, 3.8) is 0 Å². The highest BCUT2D eigenvalue weighted by Gasteiger charge is 2.34. The number of carbonyl (C=O) groups excluding carboxylic acids is 4. The molecule has 0 aliphatic carbocycles. The first-order chi connectivity index (χ1) is 44.8. The maximum Gasteiger partial charge on any atom is 0.222 e. The number of amides is 4. The van der Waals surface area contributed by atoms with E-state index in [0.29, 0.717) is 178 Å². The Kier molecular flexibility index (Phi) is 68.5. The van der Waals surface area contributed by atoms with Gasteiger partial charge in [0.1, 0.15) is 5.54 Å². The molecule has 0 saturated heterocycles. The molecular weight excluding hydrogens is 1210 g/mol. The van der Waals surface area contributed by atoms with Crippen LogP contribution in [0.2, 0.25) is 0 Å². The monoisotopic (exact) mass is 1320 g/mol. The van der Waals surface area contributed by atoms with Gasteiger partial charge in [0, 0.05) is 86.2 Å². The largest absolute Gasteiger partial charge is 0.379 e. The van der Waals surface area contributed by atoms with Crippen molar-refractivity contribution in [2.45, 2.75) is 31.2 Å². The lowest BCUT2D eigenvalue weighted by Crippen LogP contribution is -2.59. The summed E-state index contributed by atoms with van der Waals surface area (Å²) in [6, 6.07) is 0. The van der Waals surface area contributed by atoms with Crippen molar-refractivity contribution in [2.75, 3.05) is 297 Å². The van der Waals surface area contributed by atoms with E-state index in [-0.39, 0.29) is 162 Å². The van der Waals surface area contributed by atoms with Crippen LogP contribution in [0.4, 0.5) is 0 Å². The standard InChI is InChI=1S/C54H104N14O23/c55-5-16-74-24-32-82-40-39-81-31-23-73-12-4-53(72)65-54(47-89-13-1-50(69)59-6-17-75-25-33-83-41-44-86-36-28-78-20-9-62-66-56,48-90-14-2-51(70)60-7-18-76-26-34-84-42-45-87-37-29-79-21-10-63-67-57)49-91-15-3-52(71)61-8-19-77-27-35-85-43-46-88-38-30-80-22-11-64-68-58/h1-49,55H2,(H,59,69)(H,60,70)(H,61,71)(H,65,72). The van der Waals surface area contributed by atoms with Gasteiger partial charge in [-0.1, -0.05) is 15.3 Å². The Morgan fingerprint density at radius 1 is 0.286 bits per heavy atom. The molecule has 0 rings (SSSR count). The number of hydrogen-bond acceptors (Lipinski definition) is 27. The number of carbonyl (C=O) groups is 4. The average Bonchev–Trinajstić information content (AvgIpc) is 1.44. The van der Waals surface area contributed by atoms with E-state index in [1.54, 1.807) is 0 Å². The second-order valence-electron chi connectivity index (χ2n) is 18.5. The summed E-state index contributed by atoms with van der Waals surface area (Å²) in [5, 5.41) is 21.5. The van der Waals surface area contributed by atoms with E-state index in [9.17, 15) is 19.2 Å². The van der Waals surface area contributed by atoms with Crippen LogP contribution in [0.3, 0.4) is 0 Å². The Morgan fingerprint density at radius 2 is 0.495 bits per heavy atom. The quantitative estimate of drug-likeness (QED) is 0.0231. The summed E-state index contributed by atoms with van der Waals surface area (Å²) in [4.78, 5) is 60.0. The van der Waals surface area contributed by atoms with Crippen molar-refractivity contribution in [3.05, 3.63) is 31.3 Å². The third kappa shape index (κ3) is 67.7. The van der Waals surface area contributed by atoms with Gasteiger partial charge in [0.15, 0.2) is 0 Å². The maximum atomic E-state index is 13.6. The average molecular weight is 1320 g/mol. The zero-order valence-corrected chi connectivity index (χ0v) is 53.1. The zero-order chi connectivity index (χ0) is 66.0. The van der Waals surface area contributed by atoms with Gasteiger partial charge in [0.2, 0.25) is 23.6 Å². The van der Waals surface area contributed by atoms with Crippen LogP contribution in [-0.4, -0.2) is 326 Å². The first-order valence-electron chi connectivity index (χ1n) is 30.6. The number of hydrogen-bond donors (Lipinski definition) is 5. The highest BCUT2D eigenvalue weighted by atomic mass is 16.6. The summed E-state index contributed by atoms with van der Waals surface area (Å²) in [6.07, 6.45) is -0.157. The van der Waals surface area contributed by atoms with Crippen LogP contribution in [0.25, 0.3) is 31.3 Å². The second kappa shape index (κ2) is 72.4.